The van der Waals surface area contributed by atoms with Gasteiger partial charge in [0.05, 0.1) is 0 Å². The molecule has 2 aromatic heterocycles. The van der Waals surface area contributed by atoms with Crippen LogP contribution in [0.2, 0.25) is 0 Å². The summed E-state index contributed by atoms with van der Waals surface area (Å²) in [6.45, 7) is 2.07. The molecule has 0 N–H and O–H groups in total. The molecule has 29 heavy (non-hydrogen) atoms. The first-order valence-corrected chi connectivity index (χ1v) is 10.9. The van der Waals surface area contributed by atoms with Crippen molar-refractivity contribution in [2.24, 2.45) is 24.8 Å². The van der Waals surface area contributed by atoms with Crippen molar-refractivity contribution in [1.29, 1.82) is 0 Å². The third kappa shape index (κ3) is 2.74. The average molecular weight is 386 g/mol. The van der Waals surface area contributed by atoms with Crippen LogP contribution in [-0.2, 0) is 12.5 Å². The van der Waals surface area contributed by atoms with Gasteiger partial charge in [0, 0.05) is 35.5 Å². The van der Waals surface area contributed by atoms with Crippen molar-refractivity contribution < 1.29 is 0 Å². The molecule has 4 bridgehead atoms. The number of rotatable bonds is 3. The van der Waals surface area contributed by atoms with Crippen molar-refractivity contribution in [3.63, 3.8) is 0 Å². The lowest BCUT2D eigenvalue weighted by Gasteiger charge is -2.55. The average Bonchev–Trinajstić information content (AvgIpc) is 3.06. The van der Waals surface area contributed by atoms with Gasteiger partial charge in [0.1, 0.15) is 18.0 Å². The summed E-state index contributed by atoms with van der Waals surface area (Å²) >= 11 is 0. The number of nitrogens with zero attached hydrogens (tertiary/aromatic N) is 5. The molecular formula is C24H27N5. The maximum absolute atomic E-state index is 5.05. The highest BCUT2D eigenvalue weighted by molar-refractivity contribution is 5.66. The Balaban J connectivity index is 1.38. The first-order valence-electron chi connectivity index (χ1n) is 10.9. The van der Waals surface area contributed by atoms with Crippen molar-refractivity contribution in [2.45, 2.75) is 50.9 Å². The minimum atomic E-state index is 0.195. The van der Waals surface area contributed by atoms with Gasteiger partial charge in [0.25, 0.3) is 0 Å². The van der Waals surface area contributed by atoms with Gasteiger partial charge in [-0.1, -0.05) is 18.2 Å². The molecule has 0 unspecified atom stereocenters. The largest absolute Gasteiger partial charge is 0.331 e. The summed E-state index contributed by atoms with van der Waals surface area (Å²) in [6, 6.07) is 8.42. The zero-order valence-corrected chi connectivity index (χ0v) is 17.2. The summed E-state index contributed by atoms with van der Waals surface area (Å²) in [5.74, 6) is 5.46. The number of hydrogen-bond donors (Lipinski definition) is 0. The van der Waals surface area contributed by atoms with Crippen LogP contribution in [0.3, 0.4) is 0 Å². The van der Waals surface area contributed by atoms with Gasteiger partial charge >= 0.3 is 0 Å². The van der Waals surface area contributed by atoms with E-state index in [9.17, 15) is 0 Å². The van der Waals surface area contributed by atoms with E-state index in [1.165, 1.54) is 38.5 Å². The van der Waals surface area contributed by atoms with Crippen LogP contribution >= 0.6 is 0 Å². The minimum Gasteiger partial charge on any atom is -0.331 e. The van der Waals surface area contributed by atoms with Crippen molar-refractivity contribution in [2.75, 3.05) is 0 Å². The van der Waals surface area contributed by atoms with E-state index in [4.69, 9.17) is 9.97 Å². The minimum absolute atomic E-state index is 0.195. The lowest BCUT2D eigenvalue weighted by atomic mass is 9.49. The van der Waals surface area contributed by atoms with Gasteiger partial charge in [-0.2, -0.15) is 0 Å². The van der Waals surface area contributed by atoms with Crippen LogP contribution < -0.4 is 0 Å². The van der Waals surface area contributed by atoms with E-state index in [-0.39, 0.29) is 5.41 Å². The van der Waals surface area contributed by atoms with E-state index in [0.29, 0.717) is 0 Å². The maximum Gasteiger partial charge on any atom is 0.163 e. The second-order valence-corrected chi connectivity index (χ2v) is 9.69. The van der Waals surface area contributed by atoms with Crippen molar-refractivity contribution in [3.05, 3.63) is 48.3 Å². The number of benzene rings is 1. The molecule has 5 heteroatoms. The Morgan fingerprint density at radius 1 is 0.931 bits per heavy atom. The molecule has 0 atom stereocenters. The van der Waals surface area contributed by atoms with E-state index < -0.39 is 0 Å². The summed E-state index contributed by atoms with van der Waals surface area (Å²) in [7, 11) is 2.05. The van der Waals surface area contributed by atoms with Gasteiger partial charge in [-0.05, 0) is 69.3 Å². The van der Waals surface area contributed by atoms with E-state index in [2.05, 4.69) is 52.8 Å². The molecule has 0 saturated heterocycles. The first kappa shape index (κ1) is 17.3. The van der Waals surface area contributed by atoms with Crippen LogP contribution in [-0.4, -0.2) is 24.5 Å². The van der Waals surface area contributed by atoms with Crippen LogP contribution in [0.5, 0.6) is 0 Å². The smallest absolute Gasteiger partial charge is 0.163 e. The summed E-state index contributed by atoms with van der Waals surface area (Å²) in [6.07, 6.45) is 11.8. The molecule has 0 aliphatic heterocycles. The Bertz CT molecular complexity index is 1050. The third-order valence-electron chi connectivity index (χ3n) is 7.68. The molecule has 4 aliphatic carbocycles. The molecule has 1 aromatic carbocycles. The number of hydrogen-bond acceptors (Lipinski definition) is 4. The highest BCUT2D eigenvalue weighted by atomic mass is 15.1. The van der Waals surface area contributed by atoms with Crippen molar-refractivity contribution in [3.8, 4) is 22.8 Å². The normalized spacial score (nSPS) is 30.1. The molecule has 0 amide bonds. The molecule has 5 nitrogen and oxygen atoms in total. The molecule has 3 aromatic rings. The Morgan fingerprint density at radius 2 is 1.62 bits per heavy atom. The van der Waals surface area contributed by atoms with Gasteiger partial charge in [-0.25, -0.2) is 19.9 Å². The van der Waals surface area contributed by atoms with Gasteiger partial charge in [-0.3, -0.25) is 0 Å². The van der Waals surface area contributed by atoms with E-state index in [1.807, 2.05) is 6.20 Å². The Labute approximate surface area is 171 Å². The zero-order chi connectivity index (χ0) is 19.6. The van der Waals surface area contributed by atoms with Crippen LogP contribution in [0.4, 0.5) is 0 Å². The molecule has 0 radical (unpaired) electrons. The monoisotopic (exact) mass is 385 g/mol. The molecule has 148 valence electrons. The fraction of sp³-hybridized carbons (Fsp3) is 0.500. The number of imidazole rings is 1. The molecule has 4 saturated carbocycles. The fourth-order valence-electron chi connectivity index (χ4n) is 6.64. The summed E-state index contributed by atoms with van der Waals surface area (Å²) in [5, 5.41) is 0. The lowest BCUT2D eigenvalue weighted by molar-refractivity contribution is -0.00944. The van der Waals surface area contributed by atoms with Crippen LogP contribution in [0.15, 0.2) is 36.8 Å². The highest BCUT2D eigenvalue weighted by Crippen LogP contribution is 2.60. The molecule has 2 heterocycles. The topological polar surface area (TPSA) is 56.5 Å². The number of aromatic nitrogens is 5. The predicted octanol–water partition coefficient (Wildman–Crippen LogP) is 4.72. The first-order chi connectivity index (χ1) is 14.1. The molecule has 0 spiro atoms. The Kier molecular flexibility index (Phi) is 3.71. The van der Waals surface area contributed by atoms with Gasteiger partial charge in [-0.15, -0.1) is 0 Å². The standard InChI is InChI=1S/C24H27N5/c1-15-13-25-22(29(15)2)20-5-3-4-19(9-20)21-26-14-27-23(28-21)24-10-16-6-17(11-24)8-18(7-16)12-24/h3-5,9,13-14,16-18H,6-8,10-12H2,1-2H3. The van der Waals surface area contributed by atoms with E-state index in [0.717, 1.165) is 52.0 Å². The summed E-state index contributed by atoms with van der Waals surface area (Å²) in [4.78, 5) is 18.9. The molecule has 7 rings (SSSR count). The molecule has 4 fully saturated rings. The zero-order valence-electron chi connectivity index (χ0n) is 17.2. The van der Waals surface area contributed by atoms with Gasteiger partial charge in [0.2, 0.25) is 0 Å². The molecule has 4 aliphatic rings. The van der Waals surface area contributed by atoms with Crippen molar-refractivity contribution >= 4 is 0 Å². The fourth-order valence-corrected chi connectivity index (χ4v) is 6.64. The summed E-state index contributed by atoms with van der Waals surface area (Å²) in [5.41, 5.74) is 3.47. The number of aryl methyl sites for hydroxylation is 1. The lowest BCUT2D eigenvalue weighted by Crippen LogP contribution is -2.49. The van der Waals surface area contributed by atoms with Crippen molar-refractivity contribution in [1.82, 2.24) is 24.5 Å². The Hall–Kier alpha value is -2.56. The van der Waals surface area contributed by atoms with E-state index >= 15 is 0 Å². The second-order valence-electron chi connectivity index (χ2n) is 9.69. The quantitative estimate of drug-likeness (QED) is 0.655. The van der Waals surface area contributed by atoms with Crippen LogP contribution in [0.1, 0.15) is 50.0 Å². The SMILES string of the molecule is Cc1cnc(-c2cccc(-c3ncnc(C45CC6CC(CC(C6)C4)C5)n3)c2)n1C. The highest BCUT2D eigenvalue weighted by Gasteiger charge is 2.53. The predicted molar refractivity (Wildman–Crippen MR) is 112 cm³/mol. The van der Waals surface area contributed by atoms with Crippen LogP contribution in [0, 0.1) is 24.7 Å². The second kappa shape index (κ2) is 6.22. The Morgan fingerprint density at radius 3 is 2.28 bits per heavy atom. The van der Waals surface area contributed by atoms with E-state index in [1.54, 1.807) is 6.33 Å². The van der Waals surface area contributed by atoms with Crippen LogP contribution in [0.25, 0.3) is 22.8 Å². The third-order valence-corrected chi connectivity index (χ3v) is 7.68. The van der Waals surface area contributed by atoms with Gasteiger partial charge in [0.15, 0.2) is 5.82 Å². The molecular weight excluding hydrogens is 358 g/mol. The van der Waals surface area contributed by atoms with Gasteiger partial charge < -0.3 is 4.57 Å². The summed E-state index contributed by atoms with van der Waals surface area (Å²) < 4.78 is 2.12. The maximum atomic E-state index is 5.05.